The molecule has 1 aliphatic carbocycles. The van der Waals surface area contributed by atoms with Gasteiger partial charge in [0.15, 0.2) is 0 Å². The Morgan fingerprint density at radius 2 is 1.94 bits per heavy atom. The van der Waals surface area contributed by atoms with Gasteiger partial charge in [-0.15, -0.1) is 0 Å². The zero-order chi connectivity index (χ0) is 13.0. The molecule has 1 saturated carbocycles. The molecule has 0 saturated heterocycles. The van der Waals surface area contributed by atoms with E-state index < -0.39 is 0 Å². The Labute approximate surface area is 106 Å². The maximum atomic E-state index is 12.3. The van der Waals surface area contributed by atoms with Crippen LogP contribution in [0.15, 0.2) is 0 Å². The van der Waals surface area contributed by atoms with E-state index in [2.05, 4.69) is 20.8 Å². The van der Waals surface area contributed by atoms with Crippen LogP contribution in [0.4, 0.5) is 0 Å². The van der Waals surface area contributed by atoms with Crippen LogP contribution in [-0.2, 0) is 4.79 Å². The number of carbonyl (C=O) groups excluding carboxylic acids is 1. The Morgan fingerprint density at radius 1 is 1.29 bits per heavy atom. The van der Waals surface area contributed by atoms with Gasteiger partial charge in [-0.1, -0.05) is 27.2 Å². The second kappa shape index (κ2) is 6.39. The third kappa shape index (κ3) is 3.70. The van der Waals surface area contributed by atoms with Crippen LogP contribution in [0, 0.1) is 17.8 Å². The Morgan fingerprint density at radius 3 is 2.53 bits per heavy atom. The van der Waals surface area contributed by atoms with Crippen molar-refractivity contribution in [3.63, 3.8) is 0 Å². The molecule has 0 heterocycles. The summed E-state index contributed by atoms with van der Waals surface area (Å²) in [5.41, 5.74) is 6.10. The van der Waals surface area contributed by atoms with Crippen molar-refractivity contribution < 1.29 is 4.79 Å². The second-order valence-electron chi connectivity index (χ2n) is 5.81. The van der Waals surface area contributed by atoms with Crippen LogP contribution in [0.5, 0.6) is 0 Å². The number of rotatable bonds is 4. The van der Waals surface area contributed by atoms with E-state index in [0.29, 0.717) is 17.7 Å². The molecule has 4 atom stereocenters. The van der Waals surface area contributed by atoms with Gasteiger partial charge in [-0.2, -0.15) is 0 Å². The van der Waals surface area contributed by atoms with Crippen LogP contribution in [0.25, 0.3) is 0 Å². The van der Waals surface area contributed by atoms with Crippen molar-refractivity contribution in [3.05, 3.63) is 0 Å². The van der Waals surface area contributed by atoms with E-state index in [-0.39, 0.29) is 12.0 Å². The summed E-state index contributed by atoms with van der Waals surface area (Å²) in [6.45, 7) is 7.42. The van der Waals surface area contributed by atoms with Gasteiger partial charge in [0.1, 0.15) is 0 Å². The molecule has 0 spiro atoms. The van der Waals surface area contributed by atoms with Gasteiger partial charge >= 0.3 is 0 Å². The third-order valence-corrected chi connectivity index (χ3v) is 4.23. The monoisotopic (exact) mass is 240 g/mol. The first-order valence-corrected chi connectivity index (χ1v) is 6.97. The molecule has 100 valence electrons. The number of hydrogen-bond acceptors (Lipinski definition) is 2. The predicted molar refractivity (Wildman–Crippen MR) is 71.6 cm³/mol. The number of nitrogens with zero attached hydrogens (tertiary/aromatic N) is 1. The largest absolute Gasteiger partial charge is 0.346 e. The zero-order valence-electron chi connectivity index (χ0n) is 11.8. The molecule has 0 radical (unpaired) electrons. The van der Waals surface area contributed by atoms with Crippen molar-refractivity contribution in [3.8, 4) is 0 Å². The fourth-order valence-corrected chi connectivity index (χ4v) is 2.82. The van der Waals surface area contributed by atoms with Gasteiger partial charge in [0.05, 0.1) is 0 Å². The minimum Gasteiger partial charge on any atom is -0.346 e. The second-order valence-corrected chi connectivity index (χ2v) is 5.81. The molecule has 1 fully saturated rings. The standard InChI is InChI=1S/C14H28N2O/c1-5-6-7-16(4)14(17)12-9-13(15)11(3)8-10(12)2/h10-13H,5-9,15H2,1-4H3. The molecule has 0 aliphatic heterocycles. The van der Waals surface area contributed by atoms with E-state index in [1.54, 1.807) is 0 Å². The van der Waals surface area contributed by atoms with Crippen molar-refractivity contribution in [2.45, 2.75) is 52.5 Å². The molecule has 0 aromatic carbocycles. The van der Waals surface area contributed by atoms with E-state index in [1.165, 1.54) is 0 Å². The van der Waals surface area contributed by atoms with E-state index in [1.807, 2.05) is 11.9 Å². The average Bonchev–Trinajstić information content (AvgIpc) is 2.29. The Kier molecular flexibility index (Phi) is 5.44. The lowest BCUT2D eigenvalue weighted by Gasteiger charge is -2.37. The first kappa shape index (κ1) is 14.5. The molecular weight excluding hydrogens is 212 g/mol. The Balaban J connectivity index is 2.56. The van der Waals surface area contributed by atoms with Gasteiger partial charge in [0.25, 0.3) is 0 Å². The molecule has 0 aromatic rings. The number of carbonyl (C=O) groups is 1. The van der Waals surface area contributed by atoms with E-state index in [0.717, 1.165) is 32.2 Å². The van der Waals surface area contributed by atoms with E-state index in [9.17, 15) is 4.79 Å². The average molecular weight is 240 g/mol. The summed E-state index contributed by atoms with van der Waals surface area (Å²) in [6, 6.07) is 0.194. The molecule has 1 rings (SSSR count). The summed E-state index contributed by atoms with van der Waals surface area (Å²) in [7, 11) is 1.92. The van der Waals surface area contributed by atoms with E-state index >= 15 is 0 Å². The van der Waals surface area contributed by atoms with Crippen LogP contribution in [-0.4, -0.2) is 30.4 Å². The fourth-order valence-electron chi connectivity index (χ4n) is 2.82. The minimum atomic E-state index is 0.142. The summed E-state index contributed by atoms with van der Waals surface area (Å²) in [5, 5.41) is 0. The molecule has 3 heteroatoms. The summed E-state index contributed by atoms with van der Waals surface area (Å²) in [5.74, 6) is 1.47. The molecule has 3 nitrogen and oxygen atoms in total. The Hall–Kier alpha value is -0.570. The molecule has 1 aliphatic rings. The molecule has 0 bridgehead atoms. The van der Waals surface area contributed by atoms with Gasteiger partial charge < -0.3 is 10.6 Å². The van der Waals surface area contributed by atoms with Crippen LogP contribution in [0.2, 0.25) is 0 Å². The first-order chi connectivity index (χ1) is 7.97. The fraction of sp³-hybridized carbons (Fsp3) is 0.929. The lowest BCUT2D eigenvalue weighted by molar-refractivity contribution is -0.137. The van der Waals surface area contributed by atoms with Gasteiger partial charge in [0, 0.05) is 25.6 Å². The van der Waals surface area contributed by atoms with Crippen LogP contribution in [0.1, 0.15) is 46.5 Å². The molecule has 2 N–H and O–H groups in total. The molecular formula is C14H28N2O. The predicted octanol–water partition coefficient (Wildman–Crippen LogP) is 2.25. The topological polar surface area (TPSA) is 46.3 Å². The summed E-state index contributed by atoms with van der Waals surface area (Å²) >= 11 is 0. The quantitative estimate of drug-likeness (QED) is 0.819. The van der Waals surface area contributed by atoms with Crippen LogP contribution in [0.3, 0.4) is 0 Å². The zero-order valence-corrected chi connectivity index (χ0v) is 11.8. The number of unbranched alkanes of at least 4 members (excludes halogenated alkanes) is 1. The van der Waals surface area contributed by atoms with E-state index in [4.69, 9.17) is 5.73 Å². The molecule has 17 heavy (non-hydrogen) atoms. The highest BCUT2D eigenvalue weighted by Gasteiger charge is 2.36. The summed E-state index contributed by atoms with van der Waals surface area (Å²) in [4.78, 5) is 14.2. The lowest BCUT2D eigenvalue weighted by atomic mass is 9.72. The number of nitrogens with two attached hydrogens (primary N) is 1. The Bertz CT molecular complexity index is 255. The van der Waals surface area contributed by atoms with Gasteiger partial charge in [0.2, 0.25) is 5.91 Å². The summed E-state index contributed by atoms with van der Waals surface area (Å²) < 4.78 is 0. The van der Waals surface area contributed by atoms with Gasteiger partial charge in [-0.3, -0.25) is 4.79 Å². The first-order valence-electron chi connectivity index (χ1n) is 6.97. The maximum absolute atomic E-state index is 12.3. The highest BCUT2D eigenvalue weighted by molar-refractivity contribution is 5.79. The smallest absolute Gasteiger partial charge is 0.225 e. The summed E-state index contributed by atoms with van der Waals surface area (Å²) in [6.07, 6.45) is 4.16. The van der Waals surface area contributed by atoms with Crippen molar-refractivity contribution >= 4 is 5.91 Å². The molecule has 0 aromatic heterocycles. The van der Waals surface area contributed by atoms with Crippen LogP contribution < -0.4 is 5.73 Å². The molecule has 4 unspecified atom stereocenters. The normalized spacial score (nSPS) is 33.5. The number of hydrogen-bond donors (Lipinski definition) is 1. The highest BCUT2D eigenvalue weighted by Crippen LogP contribution is 2.33. The minimum absolute atomic E-state index is 0.142. The van der Waals surface area contributed by atoms with Crippen molar-refractivity contribution in [2.24, 2.45) is 23.5 Å². The third-order valence-electron chi connectivity index (χ3n) is 4.23. The van der Waals surface area contributed by atoms with Gasteiger partial charge in [-0.05, 0) is 31.1 Å². The van der Waals surface area contributed by atoms with Crippen molar-refractivity contribution in [2.75, 3.05) is 13.6 Å². The SMILES string of the molecule is CCCCN(C)C(=O)C1CC(N)C(C)CC1C. The van der Waals surface area contributed by atoms with Crippen LogP contribution >= 0.6 is 0 Å². The highest BCUT2D eigenvalue weighted by atomic mass is 16.2. The molecule has 1 amide bonds. The van der Waals surface area contributed by atoms with Crippen molar-refractivity contribution in [1.82, 2.24) is 4.90 Å². The number of amides is 1. The van der Waals surface area contributed by atoms with Gasteiger partial charge in [-0.25, -0.2) is 0 Å². The maximum Gasteiger partial charge on any atom is 0.225 e. The van der Waals surface area contributed by atoms with Crippen molar-refractivity contribution in [1.29, 1.82) is 0 Å². The lowest BCUT2D eigenvalue weighted by Crippen LogP contribution is -2.45.